The predicted molar refractivity (Wildman–Crippen MR) is 63.2 cm³/mol. The number of methoxy groups -OCH3 is 1. The highest BCUT2D eigenvalue weighted by atomic mass is 16.5. The molecule has 1 heterocycles. The van der Waals surface area contributed by atoms with Gasteiger partial charge in [-0.2, -0.15) is 0 Å². The van der Waals surface area contributed by atoms with Crippen LogP contribution in [-0.2, 0) is 9.53 Å². The summed E-state index contributed by atoms with van der Waals surface area (Å²) in [6.45, 7) is 1.79. The molecule has 16 heavy (non-hydrogen) atoms. The standard InChI is InChI=1S/C13H23NO2/c1-16-12-6-8-14(9-7-12)13(15)10-11-4-2-3-5-11/h11-12H,2-10H2,1H3. The highest BCUT2D eigenvalue weighted by molar-refractivity contribution is 5.76. The number of piperidine rings is 1. The van der Waals surface area contributed by atoms with Gasteiger partial charge in [0, 0.05) is 26.6 Å². The van der Waals surface area contributed by atoms with E-state index < -0.39 is 0 Å². The molecule has 3 heteroatoms. The smallest absolute Gasteiger partial charge is 0.222 e. The van der Waals surface area contributed by atoms with Gasteiger partial charge in [-0.15, -0.1) is 0 Å². The van der Waals surface area contributed by atoms with Crippen molar-refractivity contribution in [1.29, 1.82) is 0 Å². The second-order valence-corrected chi connectivity index (χ2v) is 5.17. The van der Waals surface area contributed by atoms with E-state index in [1.807, 2.05) is 4.90 Å². The maximum absolute atomic E-state index is 12.0. The normalized spacial score (nSPS) is 23.9. The largest absolute Gasteiger partial charge is 0.381 e. The fourth-order valence-electron chi connectivity index (χ4n) is 2.93. The first-order valence-electron chi connectivity index (χ1n) is 6.60. The lowest BCUT2D eigenvalue weighted by Crippen LogP contribution is -2.41. The minimum atomic E-state index is 0.371. The van der Waals surface area contributed by atoms with Crippen molar-refractivity contribution in [3.05, 3.63) is 0 Å². The molecule has 1 aliphatic heterocycles. The van der Waals surface area contributed by atoms with Crippen LogP contribution < -0.4 is 0 Å². The zero-order valence-electron chi connectivity index (χ0n) is 10.3. The Bertz CT molecular complexity index is 228. The first-order valence-corrected chi connectivity index (χ1v) is 6.60. The van der Waals surface area contributed by atoms with Crippen molar-refractivity contribution in [2.24, 2.45) is 5.92 Å². The van der Waals surface area contributed by atoms with Gasteiger partial charge >= 0.3 is 0 Å². The molecule has 0 aromatic carbocycles. The average Bonchev–Trinajstić information content (AvgIpc) is 2.82. The summed E-state index contributed by atoms with van der Waals surface area (Å²) >= 11 is 0. The van der Waals surface area contributed by atoms with E-state index in [-0.39, 0.29) is 0 Å². The van der Waals surface area contributed by atoms with E-state index in [0.717, 1.165) is 32.4 Å². The van der Waals surface area contributed by atoms with Crippen LogP contribution in [0, 0.1) is 5.92 Å². The second-order valence-electron chi connectivity index (χ2n) is 5.17. The summed E-state index contributed by atoms with van der Waals surface area (Å²) < 4.78 is 5.31. The first-order chi connectivity index (χ1) is 7.79. The highest BCUT2D eigenvalue weighted by Crippen LogP contribution is 2.28. The Hall–Kier alpha value is -0.570. The molecule has 0 aromatic rings. The van der Waals surface area contributed by atoms with Gasteiger partial charge in [0.1, 0.15) is 0 Å². The average molecular weight is 225 g/mol. The van der Waals surface area contributed by atoms with Crippen LogP contribution in [0.25, 0.3) is 0 Å². The maximum atomic E-state index is 12.0. The molecule has 3 nitrogen and oxygen atoms in total. The summed E-state index contributed by atoms with van der Waals surface area (Å²) in [7, 11) is 1.76. The highest BCUT2D eigenvalue weighted by Gasteiger charge is 2.25. The third-order valence-corrected chi connectivity index (χ3v) is 4.07. The number of hydrogen-bond donors (Lipinski definition) is 0. The molecule has 0 aromatic heterocycles. The lowest BCUT2D eigenvalue weighted by molar-refractivity contribution is -0.134. The SMILES string of the molecule is COC1CCN(C(=O)CC2CCCC2)CC1. The van der Waals surface area contributed by atoms with E-state index in [1.165, 1.54) is 25.7 Å². The van der Waals surface area contributed by atoms with Crippen molar-refractivity contribution in [2.75, 3.05) is 20.2 Å². The Balaban J connectivity index is 1.73. The molecule has 0 spiro atoms. The molecule has 1 amide bonds. The van der Waals surface area contributed by atoms with E-state index in [4.69, 9.17) is 4.74 Å². The summed E-state index contributed by atoms with van der Waals surface area (Å²) in [6, 6.07) is 0. The van der Waals surface area contributed by atoms with Crippen LogP contribution >= 0.6 is 0 Å². The fourth-order valence-corrected chi connectivity index (χ4v) is 2.93. The lowest BCUT2D eigenvalue weighted by Gasteiger charge is -2.31. The van der Waals surface area contributed by atoms with Gasteiger partial charge in [0.05, 0.1) is 6.10 Å². The van der Waals surface area contributed by atoms with E-state index >= 15 is 0 Å². The summed E-state index contributed by atoms with van der Waals surface area (Å²) in [5, 5.41) is 0. The maximum Gasteiger partial charge on any atom is 0.222 e. The van der Waals surface area contributed by atoms with Crippen molar-refractivity contribution in [3.63, 3.8) is 0 Å². The van der Waals surface area contributed by atoms with Crippen LogP contribution in [0.3, 0.4) is 0 Å². The molecular weight excluding hydrogens is 202 g/mol. The fraction of sp³-hybridized carbons (Fsp3) is 0.923. The van der Waals surface area contributed by atoms with Crippen molar-refractivity contribution >= 4 is 5.91 Å². The Labute approximate surface area is 98.1 Å². The topological polar surface area (TPSA) is 29.5 Å². The molecule has 0 radical (unpaired) electrons. The third kappa shape index (κ3) is 2.97. The van der Waals surface area contributed by atoms with Gasteiger partial charge in [-0.05, 0) is 31.6 Å². The molecule has 2 rings (SSSR count). The molecule has 2 aliphatic rings. The van der Waals surface area contributed by atoms with Gasteiger partial charge in [0.15, 0.2) is 0 Å². The van der Waals surface area contributed by atoms with Crippen molar-refractivity contribution in [2.45, 2.75) is 51.0 Å². The van der Waals surface area contributed by atoms with Gasteiger partial charge in [0.25, 0.3) is 0 Å². The summed E-state index contributed by atoms with van der Waals surface area (Å²) in [5.74, 6) is 1.05. The van der Waals surface area contributed by atoms with Crippen LogP contribution in [-0.4, -0.2) is 37.1 Å². The van der Waals surface area contributed by atoms with Crippen molar-refractivity contribution < 1.29 is 9.53 Å². The number of amides is 1. The molecule has 0 atom stereocenters. The number of nitrogens with zero attached hydrogens (tertiary/aromatic N) is 1. The minimum Gasteiger partial charge on any atom is -0.381 e. The molecule has 92 valence electrons. The Morgan fingerprint density at radius 3 is 2.38 bits per heavy atom. The molecule has 2 fully saturated rings. The summed E-state index contributed by atoms with van der Waals surface area (Å²) in [5.41, 5.74) is 0. The van der Waals surface area contributed by atoms with Crippen LogP contribution in [0.4, 0.5) is 0 Å². The third-order valence-electron chi connectivity index (χ3n) is 4.07. The molecular formula is C13H23NO2. The lowest BCUT2D eigenvalue weighted by atomic mass is 10.0. The number of carbonyl (C=O) groups excluding carboxylic acids is 1. The zero-order chi connectivity index (χ0) is 11.4. The molecule has 0 unspecified atom stereocenters. The molecule has 1 aliphatic carbocycles. The predicted octanol–water partition coefficient (Wildman–Crippen LogP) is 2.20. The molecule has 0 N–H and O–H groups in total. The van der Waals surface area contributed by atoms with E-state index in [9.17, 15) is 4.79 Å². The van der Waals surface area contributed by atoms with Gasteiger partial charge in [0.2, 0.25) is 5.91 Å². The van der Waals surface area contributed by atoms with Gasteiger partial charge < -0.3 is 9.64 Å². The van der Waals surface area contributed by atoms with E-state index in [1.54, 1.807) is 7.11 Å². The number of likely N-dealkylation sites (tertiary alicyclic amines) is 1. The number of ether oxygens (including phenoxy) is 1. The van der Waals surface area contributed by atoms with Crippen molar-refractivity contribution in [3.8, 4) is 0 Å². The molecule has 1 saturated carbocycles. The second kappa shape index (κ2) is 5.67. The Morgan fingerprint density at radius 2 is 1.81 bits per heavy atom. The molecule has 1 saturated heterocycles. The summed E-state index contributed by atoms with van der Waals surface area (Å²) in [6.07, 6.45) is 8.35. The van der Waals surface area contributed by atoms with Gasteiger partial charge in [-0.25, -0.2) is 0 Å². The van der Waals surface area contributed by atoms with Crippen molar-refractivity contribution in [1.82, 2.24) is 4.90 Å². The van der Waals surface area contributed by atoms with E-state index in [0.29, 0.717) is 17.9 Å². The first kappa shape index (κ1) is 11.9. The monoisotopic (exact) mass is 225 g/mol. The number of hydrogen-bond acceptors (Lipinski definition) is 2. The molecule has 0 bridgehead atoms. The van der Waals surface area contributed by atoms with Crippen LogP contribution in [0.2, 0.25) is 0 Å². The Kier molecular flexibility index (Phi) is 4.22. The van der Waals surface area contributed by atoms with Crippen LogP contribution in [0.5, 0.6) is 0 Å². The minimum absolute atomic E-state index is 0.371. The van der Waals surface area contributed by atoms with Crippen LogP contribution in [0.15, 0.2) is 0 Å². The van der Waals surface area contributed by atoms with Gasteiger partial charge in [-0.1, -0.05) is 12.8 Å². The zero-order valence-corrected chi connectivity index (χ0v) is 10.3. The summed E-state index contributed by atoms with van der Waals surface area (Å²) in [4.78, 5) is 14.1. The Morgan fingerprint density at radius 1 is 1.19 bits per heavy atom. The number of rotatable bonds is 3. The van der Waals surface area contributed by atoms with E-state index in [2.05, 4.69) is 0 Å². The quantitative estimate of drug-likeness (QED) is 0.737. The van der Waals surface area contributed by atoms with Crippen LogP contribution in [0.1, 0.15) is 44.9 Å². The number of carbonyl (C=O) groups is 1. The van der Waals surface area contributed by atoms with Gasteiger partial charge in [-0.3, -0.25) is 4.79 Å².